The second kappa shape index (κ2) is 4.46. The molecule has 0 heterocycles. The third-order valence-corrected chi connectivity index (χ3v) is 2.44. The second-order valence-corrected chi connectivity index (χ2v) is 3.64. The number of aliphatic hydroxyl groups excluding tert-OH is 1. The first-order chi connectivity index (χ1) is 6.60. The largest absolute Gasteiger partial charge is 0.515 e. The molecule has 2 nitrogen and oxygen atoms in total. The van der Waals surface area contributed by atoms with Gasteiger partial charge in [0.05, 0.1) is 17.8 Å². The van der Waals surface area contributed by atoms with Gasteiger partial charge in [0.25, 0.3) is 0 Å². The summed E-state index contributed by atoms with van der Waals surface area (Å²) in [6.07, 6.45) is 0.938. The van der Waals surface area contributed by atoms with Crippen LogP contribution in [0.2, 0.25) is 0 Å². The van der Waals surface area contributed by atoms with E-state index in [0.717, 1.165) is 6.26 Å². The van der Waals surface area contributed by atoms with Crippen LogP contribution < -0.4 is 4.74 Å². The summed E-state index contributed by atoms with van der Waals surface area (Å²) < 4.78 is 18.7. The topological polar surface area (TPSA) is 29.5 Å². The van der Waals surface area contributed by atoms with E-state index >= 15 is 0 Å². The van der Waals surface area contributed by atoms with E-state index in [4.69, 9.17) is 9.84 Å². The Bertz CT molecular complexity index is 351. The molecule has 0 aliphatic rings. The monoisotopic (exact) mass is 260 g/mol. The van der Waals surface area contributed by atoms with Crippen molar-refractivity contribution in [2.75, 3.05) is 7.11 Å². The average molecular weight is 261 g/mol. The predicted octanol–water partition coefficient (Wildman–Crippen LogP) is 3.52. The Kier molecular flexibility index (Phi) is 3.52. The number of hydrogen-bond donors (Lipinski definition) is 1. The van der Waals surface area contributed by atoms with Crippen LogP contribution in [0.15, 0.2) is 22.9 Å². The van der Waals surface area contributed by atoms with Crippen LogP contribution in [0.4, 0.5) is 4.39 Å². The molecule has 76 valence electrons. The van der Waals surface area contributed by atoms with Gasteiger partial charge in [0.1, 0.15) is 0 Å². The fourth-order valence-corrected chi connectivity index (χ4v) is 1.65. The maximum Gasteiger partial charge on any atom is 0.168 e. The summed E-state index contributed by atoms with van der Waals surface area (Å²) in [5.74, 6) is -0.294. The van der Waals surface area contributed by atoms with Gasteiger partial charge in [-0.1, -0.05) is 0 Å². The molecular weight excluding hydrogens is 251 g/mol. The molecule has 0 saturated heterocycles. The lowest BCUT2D eigenvalue weighted by atomic mass is 10.1. The van der Waals surface area contributed by atoms with Gasteiger partial charge in [-0.15, -0.1) is 0 Å². The fourth-order valence-electron chi connectivity index (χ4n) is 1.06. The van der Waals surface area contributed by atoms with Crippen molar-refractivity contribution in [1.82, 2.24) is 0 Å². The van der Waals surface area contributed by atoms with Crippen LogP contribution in [0, 0.1) is 5.82 Å². The van der Waals surface area contributed by atoms with E-state index in [1.165, 1.54) is 13.2 Å². The Morgan fingerprint density at radius 3 is 2.64 bits per heavy atom. The quantitative estimate of drug-likeness (QED) is 0.825. The van der Waals surface area contributed by atoms with Gasteiger partial charge >= 0.3 is 0 Å². The highest BCUT2D eigenvalue weighted by Gasteiger charge is 2.10. The van der Waals surface area contributed by atoms with Crippen molar-refractivity contribution in [1.29, 1.82) is 0 Å². The first kappa shape index (κ1) is 11.0. The number of halogens is 2. The van der Waals surface area contributed by atoms with Crippen molar-refractivity contribution in [2.24, 2.45) is 0 Å². The van der Waals surface area contributed by atoms with E-state index in [1.54, 1.807) is 13.0 Å². The molecule has 1 rings (SSSR count). The molecule has 0 aromatic heterocycles. The molecule has 1 aromatic rings. The number of rotatable bonds is 2. The number of benzene rings is 1. The summed E-state index contributed by atoms with van der Waals surface area (Å²) in [4.78, 5) is 0. The maximum atomic E-state index is 13.3. The van der Waals surface area contributed by atoms with Crippen LogP contribution in [-0.2, 0) is 0 Å². The Hall–Kier alpha value is -1.03. The van der Waals surface area contributed by atoms with E-state index in [1.807, 2.05) is 0 Å². The normalized spacial score (nSPS) is 11.6. The van der Waals surface area contributed by atoms with Gasteiger partial charge in [-0.3, -0.25) is 0 Å². The number of allylic oxidation sites excluding steroid dienone is 1. The summed E-state index contributed by atoms with van der Waals surface area (Å²) in [5.41, 5.74) is 1.20. The molecule has 14 heavy (non-hydrogen) atoms. The second-order valence-electron chi connectivity index (χ2n) is 2.79. The van der Waals surface area contributed by atoms with Gasteiger partial charge < -0.3 is 9.84 Å². The Morgan fingerprint density at radius 2 is 2.21 bits per heavy atom. The highest BCUT2D eigenvalue weighted by molar-refractivity contribution is 9.10. The molecule has 0 aliphatic heterocycles. The van der Waals surface area contributed by atoms with E-state index < -0.39 is 5.82 Å². The van der Waals surface area contributed by atoms with Gasteiger partial charge in [-0.05, 0) is 46.1 Å². The van der Waals surface area contributed by atoms with E-state index in [0.29, 0.717) is 15.6 Å². The maximum absolute atomic E-state index is 13.3. The molecule has 0 aliphatic carbocycles. The highest BCUT2D eigenvalue weighted by atomic mass is 79.9. The minimum atomic E-state index is -0.460. The van der Waals surface area contributed by atoms with Gasteiger partial charge in [0.2, 0.25) is 0 Å². The van der Waals surface area contributed by atoms with E-state index in [-0.39, 0.29) is 5.75 Å². The molecule has 0 amide bonds. The summed E-state index contributed by atoms with van der Waals surface area (Å²) >= 11 is 3.18. The minimum absolute atomic E-state index is 0.166. The SMILES string of the molecule is COc1c(F)cc(/C(C)=C/O)cc1Br. The van der Waals surface area contributed by atoms with Crippen molar-refractivity contribution in [3.05, 3.63) is 34.2 Å². The first-order valence-corrected chi connectivity index (χ1v) is 4.73. The molecule has 0 saturated carbocycles. The third kappa shape index (κ3) is 2.07. The van der Waals surface area contributed by atoms with E-state index in [9.17, 15) is 4.39 Å². The molecule has 0 bridgehead atoms. The lowest BCUT2D eigenvalue weighted by Crippen LogP contribution is -1.92. The minimum Gasteiger partial charge on any atom is -0.515 e. The van der Waals surface area contributed by atoms with Crippen molar-refractivity contribution in [3.63, 3.8) is 0 Å². The van der Waals surface area contributed by atoms with Gasteiger partial charge in [0, 0.05) is 0 Å². The Morgan fingerprint density at radius 1 is 1.57 bits per heavy atom. The van der Waals surface area contributed by atoms with Crippen LogP contribution >= 0.6 is 15.9 Å². The van der Waals surface area contributed by atoms with Crippen LogP contribution in [0.5, 0.6) is 5.75 Å². The molecule has 0 unspecified atom stereocenters. The smallest absolute Gasteiger partial charge is 0.168 e. The summed E-state index contributed by atoms with van der Waals surface area (Å²) in [7, 11) is 1.40. The van der Waals surface area contributed by atoms with Crippen molar-refractivity contribution in [2.45, 2.75) is 6.92 Å². The molecule has 1 N–H and O–H groups in total. The summed E-state index contributed by atoms with van der Waals surface area (Å²) in [6.45, 7) is 1.69. The first-order valence-electron chi connectivity index (χ1n) is 3.94. The van der Waals surface area contributed by atoms with Gasteiger partial charge in [-0.2, -0.15) is 0 Å². The number of ether oxygens (including phenoxy) is 1. The van der Waals surface area contributed by atoms with Crippen LogP contribution in [0.25, 0.3) is 5.57 Å². The van der Waals surface area contributed by atoms with Crippen molar-refractivity contribution < 1.29 is 14.2 Å². The predicted molar refractivity (Wildman–Crippen MR) is 56.9 cm³/mol. The van der Waals surface area contributed by atoms with Gasteiger partial charge in [0.15, 0.2) is 11.6 Å². The molecule has 1 aromatic carbocycles. The van der Waals surface area contributed by atoms with Crippen LogP contribution in [-0.4, -0.2) is 12.2 Å². The third-order valence-electron chi connectivity index (χ3n) is 1.85. The molecular formula is C10H10BrFO2. The number of aliphatic hydroxyl groups is 1. The molecule has 0 radical (unpaired) electrons. The molecule has 0 atom stereocenters. The van der Waals surface area contributed by atoms with Crippen molar-refractivity contribution >= 4 is 21.5 Å². The zero-order valence-electron chi connectivity index (χ0n) is 7.84. The Labute approximate surface area is 90.1 Å². The molecule has 0 spiro atoms. The number of hydrogen-bond acceptors (Lipinski definition) is 2. The molecule has 0 fully saturated rings. The van der Waals surface area contributed by atoms with E-state index in [2.05, 4.69) is 15.9 Å². The lowest BCUT2D eigenvalue weighted by molar-refractivity contribution is 0.383. The standard InChI is InChI=1S/C10H10BrFO2/c1-6(5-13)7-3-8(11)10(14-2)9(12)4-7/h3-5,13H,1-2H3/b6-5+. The molecule has 4 heteroatoms. The summed E-state index contributed by atoms with van der Waals surface area (Å²) in [6, 6.07) is 3.00. The van der Waals surface area contributed by atoms with Crippen LogP contribution in [0.1, 0.15) is 12.5 Å². The lowest BCUT2D eigenvalue weighted by Gasteiger charge is -2.07. The Balaban J connectivity index is 3.27. The zero-order valence-corrected chi connectivity index (χ0v) is 9.43. The van der Waals surface area contributed by atoms with Gasteiger partial charge in [-0.25, -0.2) is 4.39 Å². The fraction of sp³-hybridized carbons (Fsp3) is 0.200. The summed E-state index contributed by atoms with van der Waals surface area (Å²) in [5, 5.41) is 8.77. The number of methoxy groups -OCH3 is 1. The highest BCUT2D eigenvalue weighted by Crippen LogP contribution is 2.31. The van der Waals surface area contributed by atoms with Crippen LogP contribution in [0.3, 0.4) is 0 Å². The van der Waals surface area contributed by atoms with Crippen molar-refractivity contribution in [3.8, 4) is 5.75 Å². The zero-order chi connectivity index (χ0) is 10.7. The average Bonchev–Trinajstić information content (AvgIpc) is 2.16.